The van der Waals surface area contributed by atoms with Gasteiger partial charge < -0.3 is 0 Å². The maximum absolute atomic E-state index is 13.8. The first kappa shape index (κ1) is 37.4. The largest absolute Gasteiger partial charge is 0.287 e. The van der Waals surface area contributed by atoms with E-state index in [-0.39, 0.29) is 45.0 Å². The van der Waals surface area contributed by atoms with Crippen molar-refractivity contribution in [1.82, 2.24) is 0 Å². The molecule has 62 heavy (non-hydrogen) atoms. The molecular weight excluding hydrogens is 845 g/mol. The summed E-state index contributed by atoms with van der Waals surface area (Å²) in [5.41, 5.74) is 7.94. The number of carbonyl (C=O) groups is 2. The van der Waals surface area contributed by atoms with Crippen molar-refractivity contribution in [3.05, 3.63) is 116 Å². The second kappa shape index (κ2) is 13.6. The number of rotatable bonds is 2. The second-order valence-electron chi connectivity index (χ2n) is 16.8. The molecule has 2 saturated carbocycles. The number of ketones is 2. The molecule has 0 saturated heterocycles. The van der Waals surface area contributed by atoms with E-state index >= 15 is 0 Å². The molecule has 0 unspecified atom stereocenters. The van der Waals surface area contributed by atoms with E-state index in [9.17, 15) is 30.6 Å². The quantitative estimate of drug-likeness (QED) is 0.158. The van der Waals surface area contributed by atoms with E-state index in [0.29, 0.717) is 33.4 Å². The molecule has 12 heteroatoms. The molecule has 4 heterocycles. The van der Waals surface area contributed by atoms with Crippen LogP contribution in [-0.2, 0) is 10.8 Å². The Morgan fingerprint density at radius 2 is 0.871 bits per heavy atom. The normalized spacial score (nSPS) is 19.5. The number of nitrogens with zero attached hydrogens (tertiary/aromatic N) is 6. The van der Waals surface area contributed by atoms with E-state index in [1.54, 1.807) is 59.1 Å². The lowest BCUT2D eigenvalue weighted by molar-refractivity contribution is 0.106. The minimum absolute atomic E-state index is 0.111. The van der Waals surface area contributed by atoms with Gasteiger partial charge in [-0.1, -0.05) is 87.1 Å². The Kier molecular flexibility index (Phi) is 8.18. The maximum atomic E-state index is 13.8. The third-order valence-corrected chi connectivity index (χ3v) is 18.9. The fraction of sp³-hybridized carbons (Fsp3) is 0.240. The Bertz CT molecular complexity index is 3150. The molecule has 0 radical (unpaired) electrons. The number of Topliss-reactive ketones (excluding diaryl/α,β-unsaturated/α-hetero) is 2. The Hall–Kier alpha value is -6.38. The van der Waals surface area contributed by atoms with Gasteiger partial charge >= 0.3 is 0 Å². The summed E-state index contributed by atoms with van der Waals surface area (Å²) in [6.45, 7) is 0. The fourth-order valence-electron chi connectivity index (χ4n) is 11.4. The van der Waals surface area contributed by atoms with Crippen LogP contribution in [0.15, 0.2) is 81.8 Å². The Balaban J connectivity index is 1.02. The van der Waals surface area contributed by atoms with Crippen molar-refractivity contribution in [3.8, 4) is 43.8 Å². The molecule has 2 spiro atoms. The van der Waals surface area contributed by atoms with E-state index in [1.165, 1.54) is 64.0 Å². The van der Waals surface area contributed by atoms with Gasteiger partial charge in [0.2, 0.25) is 11.6 Å². The van der Waals surface area contributed by atoms with Crippen LogP contribution >= 0.6 is 45.3 Å². The highest BCUT2D eigenvalue weighted by molar-refractivity contribution is 7.35. The molecular formula is C50H30N6O2S4. The van der Waals surface area contributed by atoms with Crippen LogP contribution in [0.1, 0.15) is 118 Å². The number of allylic oxidation sites excluding steroid dienone is 4. The lowest BCUT2D eigenvalue weighted by Crippen LogP contribution is -2.28. The van der Waals surface area contributed by atoms with Gasteiger partial charge in [-0.3, -0.25) is 9.59 Å². The third kappa shape index (κ3) is 4.81. The summed E-state index contributed by atoms with van der Waals surface area (Å²) in [6, 6.07) is 26.7. The minimum Gasteiger partial charge on any atom is -0.287 e. The van der Waals surface area contributed by atoms with Crippen molar-refractivity contribution in [2.24, 2.45) is 9.98 Å². The number of hydrogen-bond donors (Lipinski definition) is 0. The summed E-state index contributed by atoms with van der Waals surface area (Å²) in [5, 5.41) is 41.2. The van der Waals surface area contributed by atoms with E-state index < -0.39 is 0 Å². The molecule has 6 aromatic rings. The van der Waals surface area contributed by atoms with E-state index in [2.05, 4.69) is 12.1 Å². The molecule has 0 N–H and O–H groups in total. The number of aliphatic imine (C=N–C) groups is 2. The summed E-state index contributed by atoms with van der Waals surface area (Å²) >= 11 is 7.07. The molecule has 0 aliphatic heterocycles. The number of carbonyl (C=O) groups excluding carboxylic acids is 2. The van der Waals surface area contributed by atoms with E-state index in [1.807, 2.05) is 59.1 Å². The molecule has 0 amide bonds. The molecule has 296 valence electrons. The molecule has 12 rings (SSSR count). The van der Waals surface area contributed by atoms with Crippen LogP contribution in [0.4, 0.5) is 10.0 Å². The molecule has 0 bridgehead atoms. The van der Waals surface area contributed by atoms with Gasteiger partial charge in [-0.15, -0.1) is 45.3 Å². The smallest absolute Gasteiger partial charge is 0.212 e. The highest BCUT2D eigenvalue weighted by Gasteiger charge is 2.53. The Labute approximate surface area is 372 Å². The van der Waals surface area contributed by atoms with Gasteiger partial charge in [-0.2, -0.15) is 21.0 Å². The summed E-state index contributed by atoms with van der Waals surface area (Å²) in [4.78, 5) is 42.8. The van der Waals surface area contributed by atoms with Crippen LogP contribution < -0.4 is 0 Å². The molecule has 2 fully saturated rings. The van der Waals surface area contributed by atoms with Crippen LogP contribution in [0.3, 0.4) is 0 Å². The first-order valence-electron chi connectivity index (χ1n) is 20.8. The van der Waals surface area contributed by atoms with Crippen LogP contribution in [0, 0.1) is 45.3 Å². The summed E-state index contributed by atoms with van der Waals surface area (Å²) < 4.78 is 2.76. The zero-order valence-corrected chi connectivity index (χ0v) is 36.2. The Morgan fingerprint density at radius 3 is 1.24 bits per heavy atom. The standard InChI is InChI=1S/C50H30N6O2S4/c51-21-25(22-52)35-27-11-3-5-13-29(27)41(57)39(35)55-33-19-31-43(59-33)45-37(49(31)15-7-1-8-16-49)47-48(61-45)38-46(62-47)44-32(50(38)17-9-2-10-18-50)20-34(60-44)56-40-36(26(23-53)24-54)28-12-4-6-14-30(28)42(40)58/h3-6,11-14,19-20H,1-2,7-10,15-18H2. The number of thiophene rings is 4. The van der Waals surface area contributed by atoms with Crippen LogP contribution in [0.25, 0.3) is 40.1 Å². The molecule has 8 nitrogen and oxygen atoms in total. The van der Waals surface area contributed by atoms with E-state index in [4.69, 9.17) is 9.98 Å². The van der Waals surface area contributed by atoms with Crippen molar-refractivity contribution >= 4 is 98.9 Å². The summed E-state index contributed by atoms with van der Waals surface area (Å²) in [5.74, 6) is -0.531. The fourth-order valence-corrected chi connectivity index (χ4v) is 17.2. The van der Waals surface area contributed by atoms with Crippen LogP contribution in [0.5, 0.6) is 0 Å². The maximum Gasteiger partial charge on any atom is 0.212 e. The van der Waals surface area contributed by atoms with Gasteiger partial charge in [0.05, 0.1) is 28.9 Å². The zero-order chi connectivity index (χ0) is 42.1. The lowest BCUT2D eigenvalue weighted by atomic mass is 9.67. The highest BCUT2D eigenvalue weighted by atomic mass is 32.1. The number of benzene rings is 2. The van der Waals surface area contributed by atoms with Gasteiger partial charge in [0, 0.05) is 44.2 Å². The van der Waals surface area contributed by atoms with Crippen LogP contribution in [-0.4, -0.2) is 23.0 Å². The topological polar surface area (TPSA) is 154 Å². The molecule has 6 aliphatic rings. The SMILES string of the molecule is N#CC(C#N)=C1C(=Nc2cc3c(s2)-c2sc4c5c(sc4c2C32CCCCC2)-c2sc(N=C3C(=O)c4ccccc4C3=C(C#N)C#N)cc2C52CCCCC2)C(=O)c2ccccc21. The van der Waals surface area contributed by atoms with Gasteiger partial charge in [-0.25, -0.2) is 9.98 Å². The average Bonchev–Trinajstić information content (AvgIpc) is 4.18. The first-order chi connectivity index (χ1) is 30.4. The number of hydrogen-bond acceptors (Lipinski definition) is 12. The Morgan fingerprint density at radius 1 is 0.500 bits per heavy atom. The van der Waals surface area contributed by atoms with Gasteiger partial charge in [0.1, 0.15) is 56.8 Å². The average molecular weight is 875 g/mol. The van der Waals surface area contributed by atoms with Crippen molar-refractivity contribution in [3.63, 3.8) is 0 Å². The highest BCUT2D eigenvalue weighted by Crippen LogP contribution is 2.70. The van der Waals surface area contributed by atoms with Gasteiger partial charge in [0.15, 0.2) is 0 Å². The molecule has 6 aliphatic carbocycles. The third-order valence-electron chi connectivity index (χ3n) is 14.0. The van der Waals surface area contributed by atoms with Gasteiger partial charge in [-0.05, 0) is 60.1 Å². The molecule has 2 aromatic carbocycles. The first-order valence-corrected chi connectivity index (χ1v) is 24.1. The van der Waals surface area contributed by atoms with E-state index in [0.717, 1.165) is 61.4 Å². The number of fused-ring (bicyclic) bond motifs is 15. The molecule has 4 aromatic heterocycles. The van der Waals surface area contributed by atoms with Crippen LogP contribution in [0.2, 0.25) is 0 Å². The van der Waals surface area contributed by atoms with Crippen molar-refractivity contribution in [2.75, 3.05) is 0 Å². The summed E-state index contributed by atoms with van der Waals surface area (Å²) in [7, 11) is 0. The predicted octanol–water partition coefficient (Wildman–Crippen LogP) is 13.1. The minimum atomic E-state index is -0.266. The number of nitriles is 4. The predicted molar refractivity (Wildman–Crippen MR) is 246 cm³/mol. The van der Waals surface area contributed by atoms with Crippen molar-refractivity contribution < 1.29 is 9.59 Å². The summed E-state index contributed by atoms with van der Waals surface area (Å²) in [6.07, 6.45) is 11.0. The molecule has 0 atom stereocenters. The van der Waals surface area contributed by atoms with Crippen molar-refractivity contribution in [2.45, 2.75) is 75.0 Å². The lowest BCUT2D eigenvalue weighted by Gasteiger charge is -2.35. The van der Waals surface area contributed by atoms with Gasteiger partial charge in [0.25, 0.3) is 0 Å². The monoisotopic (exact) mass is 874 g/mol. The van der Waals surface area contributed by atoms with Crippen molar-refractivity contribution in [1.29, 1.82) is 21.0 Å². The second-order valence-corrected chi connectivity index (χ2v) is 20.9. The zero-order valence-electron chi connectivity index (χ0n) is 33.0.